The number of carboxylic acids is 1. The molecule has 21 heavy (non-hydrogen) atoms. The third-order valence-electron chi connectivity index (χ3n) is 3.42. The van der Waals surface area contributed by atoms with Crippen molar-refractivity contribution in [3.8, 4) is 0 Å². The Hall–Kier alpha value is -1.76. The zero-order valence-electron chi connectivity index (χ0n) is 12.1. The minimum absolute atomic E-state index is 0.0741. The molecule has 1 fully saturated rings. The molecule has 1 aliphatic rings. The Bertz CT molecular complexity index is 511. The first-order valence-electron chi connectivity index (χ1n) is 6.81. The van der Waals surface area contributed by atoms with Crippen molar-refractivity contribution in [2.45, 2.75) is 31.3 Å². The number of rotatable bonds is 4. The molecular formula is C14H19N3O3S. The Morgan fingerprint density at radius 2 is 2.33 bits per heavy atom. The highest BCUT2D eigenvalue weighted by molar-refractivity contribution is 8.00. The van der Waals surface area contributed by atoms with Crippen LogP contribution in [0.1, 0.15) is 18.9 Å². The maximum Gasteiger partial charge on any atom is 0.327 e. The molecule has 0 spiro atoms. The van der Waals surface area contributed by atoms with Gasteiger partial charge in [0.2, 0.25) is 0 Å². The summed E-state index contributed by atoms with van der Waals surface area (Å²) in [6.07, 6.45) is 4.12. The van der Waals surface area contributed by atoms with Crippen LogP contribution in [0, 0.1) is 0 Å². The van der Waals surface area contributed by atoms with E-state index >= 15 is 0 Å². The van der Waals surface area contributed by atoms with Gasteiger partial charge < -0.3 is 10.0 Å². The molecule has 7 heteroatoms. The van der Waals surface area contributed by atoms with E-state index in [0.29, 0.717) is 12.3 Å². The fraction of sp³-hybridized carbons (Fsp3) is 0.500. The smallest absolute Gasteiger partial charge is 0.327 e. The Balaban J connectivity index is 2.10. The third kappa shape index (κ3) is 3.47. The van der Waals surface area contributed by atoms with Crippen LogP contribution in [0.15, 0.2) is 24.5 Å². The standard InChI is InChI=1S/C14H19N3O3S/c1-3-12-17(11(9-21-12)13(18)19)14(20)16(2)8-10-5-4-6-15-7-10/h4-7,11-12H,3,8-9H2,1-2H3,(H,18,19). The van der Waals surface area contributed by atoms with Gasteiger partial charge in [0.05, 0.1) is 5.37 Å². The van der Waals surface area contributed by atoms with Crippen molar-refractivity contribution in [1.29, 1.82) is 0 Å². The molecule has 2 atom stereocenters. The summed E-state index contributed by atoms with van der Waals surface area (Å²) in [5.74, 6) is -0.498. The van der Waals surface area contributed by atoms with E-state index in [2.05, 4.69) is 4.98 Å². The van der Waals surface area contributed by atoms with E-state index in [1.54, 1.807) is 24.3 Å². The highest BCUT2D eigenvalue weighted by Gasteiger charge is 2.41. The Kier molecular flexibility index (Phi) is 5.06. The molecule has 1 aromatic heterocycles. The molecule has 0 saturated carbocycles. The minimum atomic E-state index is -0.943. The summed E-state index contributed by atoms with van der Waals surface area (Å²) in [6, 6.07) is 2.71. The van der Waals surface area contributed by atoms with Crippen LogP contribution in [0.5, 0.6) is 0 Å². The quantitative estimate of drug-likeness (QED) is 0.919. The second-order valence-electron chi connectivity index (χ2n) is 4.96. The van der Waals surface area contributed by atoms with Crippen LogP contribution >= 0.6 is 11.8 Å². The monoisotopic (exact) mass is 309 g/mol. The van der Waals surface area contributed by atoms with Crippen molar-refractivity contribution in [3.05, 3.63) is 30.1 Å². The normalized spacial score (nSPS) is 21.3. The fourth-order valence-corrected chi connectivity index (χ4v) is 3.70. The molecule has 2 rings (SSSR count). The minimum Gasteiger partial charge on any atom is -0.480 e. The number of thioether (sulfide) groups is 1. The molecule has 1 saturated heterocycles. The lowest BCUT2D eigenvalue weighted by Crippen LogP contribution is -2.50. The number of hydrogen-bond donors (Lipinski definition) is 1. The molecule has 2 heterocycles. The summed E-state index contributed by atoms with van der Waals surface area (Å²) in [7, 11) is 1.68. The van der Waals surface area contributed by atoms with Crippen LogP contribution in [0.2, 0.25) is 0 Å². The van der Waals surface area contributed by atoms with Gasteiger partial charge in [0.25, 0.3) is 0 Å². The molecular weight excluding hydrogens is 290 g/mol. The molecule has 114 valence electrons. The van der Waals surface area contributed by atoms with Crippen LogP contribution in [-0.2, 0) is 11.3 Å². The van der Waals surface area contributed by atoms with Crippen molar-refractivity contribution in [3.63, 3.8) is 0 Å². The summed E-state index contributed by atoms with van der Waals surface area (Å²) < 4.78 is 0. The number of urea groups is 1. The molecule has 6 nitrogen and oxygen atoms in total. The van der Waals surface area contributed by atoms with Gasteiger partial charge in [-0.15, -0.1) is 11.8 Å². The van der Waals surface area contributed by atoms with Crippen LogP contribution in [0.4, 0.5) is 4.79 Å². The Morgan fingerprint density at radius 3 is 2.90 bits per heavy atom. The van der Waals surface area contributed by atoms with E-state index in [0.717, 1.165) is 12.0 Å². The molecule has 2 amide bonds. The van der Waals surface area contributed by atoms with Gasteiger partial charge in [-0.05, 0) is 18.1 Å². The number of carboxylic acid groups (broad SMARTS) is 1. The van der Waals surface area contributed by atoms with Crippen LogP contribution in [-0.4, -0.2) is 56.1 Å². The van der Waals surface area contributed by atoms with Crippen LogP contribution in [0.25, 0.3) is 0 Å². The van der Waals surface area contributed by atoms with Crippen molar-refractivity contribution in [1.82, 2.24) is 14.8 Å². The molecule has 2 unspecified atom stereocenters. The van der Waals surface area contributed by atoms with Gasteiger partial charge in [-0.25, -0.2) is 9.59 Å². The van der Waals surface area contributed by atoms with Gasteiger partial charge in [0.15, 0.2) is 0 Å². The zero-order valence-corrected chi connectivity index (χ0v) is 12.9. The fourth-order valence-electron chi connectivity index (χ4n) is 2.36. The van der Waals surface area contributed by atoms with Gasteiger partial charge in [-0.2, -0.15) is 0 Å². The number of aliphatic carboxylic acids is 1. The lowest BCUT2D eigenvalue weighted by atomic mass is 10.2. The maximum absolute atomic E-state index is 12.6. The number of nitrogens with zero attached hydrogens (tertiary/aromatic N) is 3. The summed E-state index contributed by atoms with van der Waals surface area (Å²) in [5.41, 5.74) is 0.917. The third-order valence-corrected chi connectivity index (χ3v) is 4.87. The molecule has 1 aliphatic heterocycles. The van der Waals surface area contributed by atoms with Crippen LogP contribution < -0.4 is 0 Å². The lowest BCUT2D eigenvalue weighted by molar-refractivity contribution is -0.141. The molecule has 0 radical (unpaired) electrons. The molecule has 1 N–H and O–H groups in total. The first kappa shape index (κ1) is 15.6. The SMILES string of the molecule is CCC1SCC(C(=O)O)N1C(=O)N(C)Cc1cccnc1. The number of pyridine rings is 1. The van der Waals surface area contributed by atoms with Crippen molar-refractivity contribution >= 4 is 23.8 Å². The van der Waals surface area contributed by atoms with Crippen LogP contribution in [0.3, 0.4) is 0 Å². The van der Waals surface area contributed by atoms with E-state index in [-0.39, 0.29) is 11.4 Å². The number of amides is 2. The highest BCUT2D eigenvalue weighted by Crippen LogP contribution is 2.32. The van der Waals surface area contributed by atoms with E-state index in [9.17, 15) is 14.7 Å². The Labute approximate surface area is 128 Å². The molecule has 0 bridgehead atoms. The van der Waals surface area contributed by atoms with Gasteiger partial charge in [0, 0.05) is 31.7 Å². The van der Waals surface area contributed by atoms with E-state index in [4.69, 9.17) is 0 Å². The predicted molar refractivity (Wildman–Crippen MR) is 80.9 cm³/mol. The number of hydrogen-bond acceptors (Lipinski definition) is 4. The second-order valence-corrected chi connectivity index (χ2v) is 6.17. The summed E-state index contributed by atoms with van der Waals surface area (Å²) in [4.78, 5) is 31.0. The summed E-state index contributed by atoms with van der Waals surface area (Å²) in [6.45, 7) is 2.37. The number of carbonyl (C=O) groups excluding carboxylic acids is 1. The molecule has 0 aromatic carbocycles. The first-order valence-corrected chi connectivity index (χ1v) is 7.86. The average molecular weight is 309 g/mol. The highest BCUT2D eigenvalue weighted by atomic mass is 32.2. The van der Waals surface area contributed by atoms with E-state index in [1.165, 1.54) is 16.7 Å². The summed E-state index contributed by atoms with van der Waals surface area (Å²) in [5, 5.41) is 9.21. The molecule has 0 aliphatic carbocycles. The van der Waals surface area contributed by atoms with Gasteiger partial charge in [-0.3, -0.25) is 9.88 Å². The van der Waals surface area contributed by atoms with Crippen molar-refractivity contribution < 1.29 is 14.7 Å². The summed E-state index contributed by atoms with van der Waals surface area (Å²) >= 11 is 1.52. The first-order chi connectivity index (χ1) is 10.0. The van der Waals surface area contributed by atoms with Gasteiger partial charge >= 0.3 is 12.0 Å². The van der Waals surface area contributed by atoms with Gasteiger partial charge in [0.1, 0.15) is 6.04 Å². The topological polar surface area (TPSA) is 73.7 Å². The number of carbonyl (C=O) groups is 2. The van der Waals surface area contributed by atoms with E-state index < -0.39 is 12.0 Å². The van der Waals surface area contributed by atoms with Crippen molar-refractivity contribution in [2.75, 3.05) is 12.8 Å². The zero-order chi connectivity index (χ0) is 15.4. The van der Waals surface area contributed by atoms with Crippen molar-refractivity contribution in [2.24, 2.45) is 0 Å². The van der Waals surface area contributed by atoms with Gasteiger partial charge in [-0.1, -0.05) is 13.0 Å². The molecule has 1 aromatic rings. The maximum atomic E-state index is 12.6. The number of aromatic nitrogens is 1. The Morgan fingerprint density at radius 1 is 1.57 bits per heavy atom. The van der Waals surface area contributed by atoms with E-state index in [1.807, 2.05) is 19.1 Å². The average Bonchev–Trinajstić information content (AvgIpc) is 2.91. The largest absolute Gasteiger partial charge is 0.480 e. The second kappa shape index (κ2) is 6.80. The predicted octanol–water partition coefficient (Wildman–Crippen LogP) is 1.87. The lowest BCUT2D eigenvalue weighted by Gasteiger charge is -2.31.